The molecule has 0 heterocycles. The predicted octanol–water partition coefficient (Wildman–Crippen LogP) is 3.40. The van der Waals surface area contributed by atoms with Crippen LogP contribution in [0.2, 0.25) is 0 Å². The Morgan fingerprint density at radius 3 is 2.67 bits per heavy atom. The Morgan fingerprint density at radius 2 is 2.20 bits per heavy atom. The van der Waals surface area contributed by atoms with Gasteiger partial charge in [-0.1, -0.05) is 15.9 Å². The molecule has 1 saturated carbocycles. The standard InChI is InChI=1S/C12H12BrNO/c1-15-11-4-3-9(13)7-10(11)12(8-14)5-2-6-12/h3-4,7H,2,5-6H2,1H3. The molecule has 0 aromatic heterocycles. The zero-order valence-electron chi connectivity index (χ0n) is 8.59. The Labute approximate surface area is 98.0 Å². The molecule has 0 spiro atoms. The number of methoxy groups -OCH3 is 1. The monoisotopic (exact) mass is 265 g/mol. The summed E-state index contributed by atoms with van der Waals surface area (Å²) >= 11 is 3.44. The Morgan fingerprint density at radius 1 is 1.47 bits per heavy atom. The molecule has 1 aromatic carbocycles. The molecule has 3 heteroatoms. The normalized spacial score (nSPS) is 17.7. The molecule has 0 unspecified atom stereocenters. The number of nitrogens with zero attached hydrogens (tertiary/aromatic N) is 1. The Bertz CT molecular complexity index is 418. The fraction of sp³-hybridized carbons (Fsp3) is 0.417. The molecule has 0 atom stereocenters. The quantitative estimate of drug-likeness (QED) is 0.821. The minimum atomic E-state index is -0.310. The van der Waals surface area contributed by atoms with Crippen molar-refractivity contribution in [3.63, 3.8) is 0 Å². The van der Waals surface area contributed by atoms with Gasteiger partial charge in [-0.3, -0.25) is 0 Å². The number of nitriles is 1. The van der Waals surface area contributed by atoms with Gasteiger partial charge in [0.1, 0.15) is 5.75 Å². The van der Waals surface area contributed by atoms with Gasteiger partial charge in [-0.15, -0.1) is 0 Å². The second-order valence-corrected chi connectivity index (χ2v) is 4.81. The maximum Gasteiger partial charge on any atom is 0.123 e. The van der Waals surface area contributed by atoms with E-state index < -0.39 is 0 Å². The molecule has 1 fully saturated rings. The highest BCUT2D eigenvalue weighted by molar-refractivity contribution is 9.10. The first kappa shape index (κ1) is 10.5. The van der Waals surface area contributed by atoms with Gasteiger partial charge in [0.15, 0.2) is 0 Å². The molecule has 1 aromatic rings. The van der Waals surface area contributed by atoms with Crippen LogP contribution in [0.25, 0.3) is 0 Å². The summed E-state index contributed by atoms with van der Waals surface area (Å²) in [5.41, 5.74) is 0.711. The van der Waals surface area contributed by atoms with E-state index in [0.29, 0.717) is 0 Å². The van der Waals surface area contributed by atoms with Crippen LogP contribution in [0.15, 0.2) is 22.7 Å². The summed E-state index contributed by atoms with van der Waals surface area (Å²) in [5, 5.41) is 9.28. The molecule has 0 saturated heterocycles. The van der Waals surface area contributed by atoms with E-state index in [4.69, 9.17) is 4.74 Å². The Kier molecular flexibility index (Phi) is 2.70. The highest BCUT2D eigenvalue weighted by Crippen LogP contribution is 2.47. The van der Waals surface area contributed by atoms with E-state index in [1.165, 1.54) is 0 Å². The molecule has 15 heavy (non-hydrogen) atoms. The van der Waals surface area contributed by atoms with Gasteiger partial charge in [-0.25, -0.2) is 0 Å². The summed E-state index contributed by atoms with van der Waals surface area (Å²) in [7, 11) is 1.65. The number of rotatable bonds is 2. The van der Waals surface area contributed by atoms with E-state index in [2.05, 4.69) is 22.0 Å². The summed E-state index contributed by atoms with van der Waals surface area (Å²) in [5.74, 6) is 0.819. The third kappa shape index (κ3) is 1.63. The largest absolute Gasteiger partial charge is 0.496 e. The van der Waals surface area contributed by atoms with E-state index in [1.54, 1.807) is 7.11 Å². The van der Waals surface area contributed by atoms with Gasteiger partial charge in [0.25, 0.3) is 0 Å². The van der Waals surface area contributed by atoms with Crippen LogP contribution in [0.3, 0.4) is 0 Å². The van der Waals surface area contributed by atoms with Crippen molar-refractivity contribution in [3.8, 4) is 11.8 Å². The van der Waals surface area contributed by atoms with Crippen LogP contribution in [-0.4, -0.2) is 7.11 Å². The van der Waals surface area contributed by atoms with E-state index in [1.807, 2.05) is 18.2 Å². The van der Waals surface area contributed by atoms with Gasteiger partial charge in [0.05, 0.1) is 18.6 Å². The first-order valence-corrected chi connectivity index (χ1v) is 5.76. The first-order valence-electron chi connectivity index (χ1n) is 4.97. The topological polar surface area (TPSA) is 33.0 Å². The molecule has 0 bridgehead atoms. The Balaban J connectivity index is 2.50. The maximum atomic E-state index is 9.28. The molecule has 1 aliphatic rings. The van der Waals surface area contributed by atoms with Crippen LogP contribution >= 0.6 is 15.9 Å². The van der Waals surface area contributed by atoms with Crippen LogP contribution in [0, 0.1) is 11.3 Å². The van der Waals surface area contributed by atoms with Crippen molar-refractivity contribution in [2.24, 2.45) is 0 Å². The molecular formula is C12H12BrNO. The van der Waals surface area contributed by atoms with E-state index in [9.17, 15) is 5.26 Å². The van der Waals surface area contributed by atoms with Gasteiger partial charge in [-0.2, -0.15) is 5.26 Å². The van der Waals surface area contributed by atoms with Gasteiger partial charge < -0.3 is 4.74 Å². The minimum Gasteiger partial charge on any atom is -0.496 e. The number of halogens is 1. The summed E-state index contributed by atoms with van der Waals surface area (Å²) in [6.45, 7) is 0. The van der Waals surface area contributed by atoms with Gasteiger partial charge >= 0.3 is 0 Å². The zero-order valence-corrected chi connectivity index (χ0v) is 10.2. The van der Waals surface area contributed by atoms with Crippen LogP contribution in [0.4, 0.5) is 0 Å². The molecule has 0 radical (unpaired) electrons. The van der Waals surface area contributed by atoms with E-state index in [-0.39, 0.29) is 5.41 Å². The average molecular weight is 266 g/mol. The molecule has 0 N–H and O–H groups in total. The van der Waals surface area contributed by atoms with Gasteiger partial charge in [0.2, 0.25) is 0 Å². The third-order valence-electron chi connectivity index (χ3n) is 3.10. The summed E-state index contributed by atoms with van der Waals surface area (Å²) in [6.07, 6.45) is 3.01. The SMILES string of the molecule is COc1ccc(Br)cc1C1(C#N)CCC1. The molecule has 78 valence electrons. The van der Waals surface area contributed by atoms with Crippen LogP contribution in [-0.2, 0) is 5.41 Å². The molecule has 0 aliphatic heterocycles. The highest BCUT2D eigenvalue weighted by atomic mass is 79.9. The average Bonchev–Trinajstić information content (AvgIpc) is 2.17. The summed E-state index contributed by atoms with van der Waals surface area (Å²) < 4.78 is 6.31. The van der Waals surface area contributed by atoms with E-state index >= 15 is 0 Å². The summed E-state index contributed by atoms with van der Waals surface area (Å²) in [4.78, 5) is 0. The highest BCUT2D eigenvalue weighted by Gasteiger charge is 2.41. The Hall–Kier alpha value is -1.01. The second-order valence-electron chi connectivity index (χ2n) is 3.89. The third-order valence-corrected chi connectivity index (χ3v) is 3.59. The number of ether oxygens (including phenoxy) is 1. The van der Waals surface area contributed by atoms with Crippen LogP contribution < -0.4 is 4.74 Å². The lowest BCUT2D eigenvalue weighted by Gasteiger charge is -2.36. The van der Waals surface area contributed by atoms with Gasteiger partial charge in [-0.05, 0) is 37.5 Å². The molecule has 0 amide bonds. The van der Waals surface area contributed by atoms with Crippen molar-refractivity contribution in [2.75, 3.05) is 7.11 Å². The van der Waals surface area contributed by atoms with Crippen molar-refractivity contribution in [3.05, 3.63) is 28.2 Å². The number of hydrogen-bond donors (Lipinski definition) is 0. The number of benzene rings is 1. The lowest BCUT2D eigenvalue weighted by atomic mass is 9.65. The van der Waals surface area contributed by atoms with Crippen molar-refractivity contribution < 1.29 is 4.74 Å². The zero-order chi connectivity index (χ0) is 10.9. The fourth-order valence-electron chi connectivity index (χ4n) is 2.03. The lowest BCUT2D eigenvalue weighted by Crippen LogP contribution is -2.32. The smallest absolute Gasteiger partial charge is 0.123 e. The lowest BCUT2D eigenvalue weighted by molar-refractivity contribution is 0.307. The maximum absolute atomic E-state index is 9.28. The predicted molar refractivity (Wildman–Crippen MR) is 61.8 cm³/mol. The van der Waals surface area contributed by atoms with Gasteiger partial charge in [0, 0.05) is 10.0 Å². The van der Waals surface area contributed by atoms with Crippen molar-refractivity contribution in [1.82, 2.24) is 0 Å². The summed E-state index contributed by atoms with van der Waals surface area (Å²) in [6, 6.07) is 8.28. The molecule has 2 nitrogen and oxygen atoms in total. The number of hydrogen-bond acceptors (Lipinski definition) is 2. The molecule has 2 rings (SSSR count). The minimum absolute atomic E-state index is 0.310. The molecular weight excluding hydrogens is 254 g/mol. The van der Waals surface area contributed by atoms with Crippen molar-refractivity contribution in [2.45, 2.75) is 24.7 Å². The van der Waals surface area contributed by atoms with Crippen molar-refractivity contribution in [1.29, 1.82) is 5.26 Å². The second kappa shape index (κ2) is 3.86. The van der Waals surface area contributed by atoms with E-state index in [0.717, 1.165) is 35.0 Å². The molecule has 1 aliphatic carbocycles. The van der Waals surface area contributed by atoms with Crippen molar-refractivity contribution >= 4 is 15.9 Å². The first-order chi connectivity index (χ1) is 7.22. The van der Waals surface area contributed by atoms with Crippen LogP contribution in [0.1, 0.15) is 24.8 Å². The fourth-order valence-corrected chi connectivity index (χ4v) is 2.39. The van der Waals surface area contributed by atoms with Crippen LogP contribution in [0.5, 0.6) is 5.75 Å².